The highest BCUT2D eigenvalue weighted by Crippen LogP contribution is 2.30. The SMILES string of the molecule is O=C(c1ccsc1Br)C1CCSCC1. The molecule has 0 aliphatic carbocycles. The van der Waals surface area contributed by atoms with E-state index < -0.39 is 0 Å². The van der Waals surface area contributed by atoms with Crippen molar-refractivity contribution in [2.45, 2.75) is 12.8 Å². The second-order valence-corrected chi connectivity index (χ2v) is 6.82. The van der Waals surface area contributed by atoms with Gasteiger partial charge in [0.1, 0.15) is 0 Å². The molecule has 0 radical (unpaired) electrons. The summed E-state index contributed by atoms with van der Waals surface area (Å²) in [7, 11) is 0. The van der Waals surface area contributed by atoms with Gasteiger partial charge in [0.25, 0.3) is 0 Å². The summed E-state index contributed by atoms with van der Waals surface area (Å²) in [6.45, 7) is 0. The molecular formula is C10H11BrOS2. The predicted octanol–water partition coefficient (Wildman–Crippen LogP) is 3.84. The van der Waals surface area contributed by atoms with E-state index in [1.165, 1.54) is 0 Å². The Kier molecular flexibility index (Phi) is 3.68. The Morgan fingerprint density at radius 1 is 1.43 bits per heavy atom. The highest BCUT2D eigenvalue weighted by atomic mass is 79.9. The lowest BCUT2D eigenvalue weighted by atomic mass is 9.94. The minimum absolute atomic E-state index is 0.266. The molecule has 14 heavy (non-hydrogen) atoms. The Morgan fingerprint density at radius 3 is 2.71 bits per heavy atom. The van der Waals surface area contributed by atoms with E-state index in [9.17, 15) is 4.79 Å². The van der Waals surface area contributed by atoms with Gasteiger partial charge >= 0.3 is 0 Å². The van der Waals surface area contributed by atoms with E-state index in [0.717, 1.165) is 33.7 Å². The van der Waals surface area contributed by atoms with Gasteiger partial charge in [0.2, 0.25) is 0 Å². The lowest BCUT2D eigenvalue weighted by molar-refractivity contribution is 0.0913. The molecule has 1 saturated heterocycles. The van der Waals surface area contributed by atoms with Crippen LogP contribution in [0.15, 0.2) is 15.2 Å². The summed E-state index contributed by atoms with van der Waals surface area (Å²) >= 11 is 6.97. The third kappa shape index (κ3) is 2.23. The molecule has 4 heteroatoms. The minimum atomic E-state index is 0.266. The van der Waals surface area contributed by atoms with E-state index in [0.29, 0.717) is 5.78 Å². The predicted molar refractivity (Wildman–Crippen MR) is 66.4 cm³/mol. The molecule has 0 aromatic carbocycles. The van der Waals surface area contributed by atoms with Crippen LogP contribution >= 0.6 is 39.0 Å². The zero-order chi connectivity index (χ0) is 9.97. The van der Waals surface area contributed by atoms with Gasteiger partial charge in [0.15, 0.2) is 5.78 Å². The molecule has 0 N–H and O–H groups in total. The number of thiophene rings is 1. The van der Waals surface area contributed by atoms with Crippen molar-refractivity contribution in [3.63, 3.8) is 0 Å². The Morgan fingerprint density at radius 2 is 2.14 bits per heavy atom. The summed E-state index contributed by atoms with van der Waals surface area (Å²) in [4.78, 5) is 12.0. The molecule has 76 valence electrons. The highest BCUT2D eigenvalue weighted by molar-refractivity contribution is 9.11. The van der Waals surface area contributed by atoms with Crippen LogP contribution in [-0.4, -0.2) is 17.3 Å². The average Bonchev–Trinajstić information content (AvgIpc) is 2.65. The van der Waals surface area contributed by atoms with E-state index in [1.807, 2.05) is 23.2 Å². The number of hydrogen-bond donors (Lipinski definition) is 0. The zero-order valence-corrected chi connectivity index (χ0v) is 10.9. The number of carbonyl (C=O) groups excluding carboxylic acids is 1. The fraction of sp³-hybridized carbons (Fsp3) is 0.500. The Balaban J connectivity index is 2.11. The largest absolute Gasteiger partial charge is 0.294 e. The molecule has 1 aromatic heterocycles. The third-order valence-corrected chi connectivity index (χ3v) is 5.21. The summed E-state index contributed by atoms with van der Waals surface area (Å²) in [6.07, 6.45) is 2.09. The van der Waals surface area contributed by atoms with Crippen molar-refractivity contribution >= 4 is 44.8 Å². The highest BCUT2D eigenvalue weighted by Gasteiger charge is 2.24. The molecule has 0 unspecified atom stereocenters. The summed E-state index contributed by atoms with van der Waals surface area (Å²) in [5.74, 6) is 2.87. The Hall–Kier alpha value is 0.200. The Labute approximate surface area is 100 Å². The molecule has 0 spiro atoms. The molecule has 1 aromatic rings. The van der Waals surface area contributed by atoms with Crippen LogP contribution in [-0.2, 0) is 0 Å². The second-order valence-electron chi connectivity index (χ2n) is 3.36. The maximum atomic E-state index is 12.0. The van der Waals surface area contributed by atoms with Crippen molar-refractivity contribution < 1.29 is 4.79 Å². The van der Waals surface area contributed by atoms with Crippen LogP contribution in [0.5, 0.6) is 0 Å². The van der Waals surface area contributed by atoms with Crippen LogP contribution < -0.4 is 0 Å². The van der Waals surface area contributed by atoms with Crippen molar-refractivity contribution in [2.24, 2.45) is 5.92 Å². The fourth-order valence-electron chi connectivity index (χ4n) is 1.65. The van der Waals surface area contributed by atoms with Crippen molar-refractivity contribution in [3.8, 4) is 0 Å². The first-order valence-corrected chi connectivity index (χ1v) is 7.46. The van der Waals surface area contributed by atoms with E-state index in [1.54, 1.807) is 11.3 Å². The number of ketones is 1. The molecule has 0 amide bonds. The summed E-state index contributed by atoms with van der Waals surface area (Å²) in [5.41, 5.74) is 0.881. The smallest absolute Gasteiger partial charge is 0.167 e. The van der Waals surface area contributed by atoms with Gasteiger partial charge in [-0.25, -0.2) is 0 Å². The van der Waals surface area contributed by atoms with Gasteiger partial charge in [0, 0.05) is 11.5 Å². The number of carbonyl (C=O) groups is 1. The van der Waals surface area contributed by atoms with Crippen LogP contribution in [0, 0.1) is 5.92 Å². The summed E-state index contributed by atoms with van der Waals surface area (Å²) in [6, 6.07) is 1.93. The number of rotatable bonds is 2. The van der Waals surface area contributed by atoms with Gasteiger partial charge in [-0.1, -0.05) is 0 Å². The molecule has 0 saturated carbocycles. The van der Waals surface area contributed by atoms with Crippen molar-refractivity contribution in [1.29, 1.82) is 0 Å². The Bertz CT molecular complexity index is 329. The number of Topliss-reactive ketones (excluding diaryl/α,β-unsaturated/α-hetero) is 1. The van der Waals surface area contributed by atoms with E-state index in [4.69, 9.17) is 0 Å². The maximum absolute atomic E-state index is 12.0. The van der Waals surface area contributed by atoms with E-state index in [-0.39, 0.29) is 5.92 Å². The molecule has 0 bridgehead atoms. The van der Waals surface area contributed by atoms with Crippen molar-refractivity contribution in [1.82, 2.24) is 0 Å². The van der Waals surface area contributed by atoms with Gasteiger partial charge < -0.3 is 0 Å². The molecule has 0 atom stereocenters. The van der Waals surface area contributed by atoms with Crippen LogP contribution in [0.25, 0.3) is 0 Å². The van der Waals surface area contributed by atoms with Gasteiger partial charge in [-0.3, -0.25) is 4.79 Å². The normalized spacial score (nSPS) is 18.4. The van der Waals surface area contributed by atoms with Gasteiger partial charge in [-0.2, -0.15) is 11.8 Å². The van der Waals surface area contributed by atoms with Crippen LogP contribution in [0.3, 0.4) is 0 Å². The monoisotopic (exact) mass is 290 g/mol. The van der Waals surface area contributed by atoms with Gasteiger partial charge in [-0.05, 0) is 51.7 Å². The third-order valence-electron chi connectivity index (χ3n) is 2.48. The van der Waals surface area contributed by atoms with E-state index in [2.05, 4.69) is 15.9 Å². The van der Waals surface area contributed by atoms with Gasteiger partial charge in [-0.15, -0.1) is 11.3 Å². The molecular weight excluding hydrogens is 280 g/mol. The second kappa shape index (κ2) is 4.81. The molecule has 2 heterocycles. The maximum Gasteiger partial charge on any atom is 0.167 e. The topological polar surface area (TPSA) is 17.1 Å². The first-order valence-electron chi connectivity index (χ1n) is 4.64. The number of thioether (sulfide) groups is 1. The van der Waals surface area contributed by atoms with Crippen molar-refractivity contribution in [2.75, 3.05) is 11.5 Å². The first kappa shape index (κ1) is 10.7. The summed E-state index contributed by atoms with van der Waals surface area (Å²) < 4.78 is 0.987. The fourth-order valence-corrected chi connectivity index (χ4v) is 4.03. The van der Waals surface area contributed by atoms with Crippen LogP contribution in [0.4, 0.5) is 0 Å². The standard InChI is InChI=1S/C10H11BrOS2/c11-10-8(3-6-14-10)9(12)7-1-4-13-5-2-7/h3,6-7H,1-2,4-5H2. The lowest BCUT2D eigenvalue weighted by Crippen LogP contribution is -2.19. The molecule has 2 rings (SSSR count). The molecule has 1 aliphatic rings. The number of halogens is 1. The summed E-state index contributed by atoms with van der Waals surface area (Å²) in [5, 5.41) is 1.97. The minimum Gasteiger partial charge on any atom is -0.294 e. The number of hydrogen-bond acceptors (Lipinski definition) is 3. The first-order chi connectivity index (χ1) is 6.79. The van der Waals surface area contributed by atoms with Gasteiger partial charge in [0.05, 0.1) is 3.79 Å². The van der Waals surface area contributed by atoms with Crippen LogP contribution in [0.2, 0.25) is 0 Å². The molecule has 1 aliphatic heterocycles. The average molecular weight is 291 g/mol. The molecule has 1 nitrogen and oxygen atoms in total. The lowest BCUT2D eigenvalue weighted by Gasteiger charge is -2.19. The van der Waals surface area contributed by atoms with Crippen molar-refractivity contribution in [3.05, 3.63) is 20.8 Å². The molecule has 1 fully saturated rings. The zero-order valence-electron chi connectivity index (χ0n) is 7.66. The van der Waals surface area contributed by atoms with E-state index >= 15 is 0 Å². The quantitative estimate of drug-likeness (QED) is 0.770. The van der Waals surface area contributed by atoms with Crippen LogP contribution in [0.1, 0.15) is 23.2 Å².